The van der Waals surface area contributed by atoms with E-state index in [9.17, 15) is 4.79 Å². The molecule has 4 saturated carbocycles. The number of carbonyl (C=O) groups excluding carboxylic acids is 1. The van der Waals surface area contributed by atoms with Crippen LogP contribution in [-0.2, 0) is 15.1 Å². The molecule has 0 radical (unpaired) electrons. The molecule has 4 bridgehead atoms. The molecule has 0 N–H and O–H groups in total. The number of hydrogen-bond donors (Lipinski definition) is 0. The van der Waals surface area contributed by atoms with Crippen LogP contribution in [0.15, 0.2) is 0 Å². The average molecular weight is 417 g/mol. The standard InChI is InChI=1S/C22H36N6O2/c1-16(2)30-9-8-26-4-6-27(7-5-26)20(29)21-11-18-10-19(12-21)14-22(13-18,15-21)28-24-17(3)23-25-28/h16,18-19H,4-15H2,1-3H3/t18-,19+,21?,22?. The molecule has 2 heterocycles. The SMILES string of the molecule is Cc1nnn(C23C[C@@H]4C[C@@H](CC(C(=O)N5CCN(CCOC(C)C)CC5)(C4)C2)C3)n1. The molecule has 5 fully saturated rings. The second kappa shape index (κ2) is 7.55. The van der Waals surface area contributed by atoms with Gasteiger partial charge in [-0.25, -0.2) is 0 Å². The minimum absolute atomic E-state index is 0.100. The largest absolute Gasteiger partial charge is 0.377 e. The monoisotopic (exact) mass is 416 g/mol. The van der Waals surface area contributed by atoms with Crippen molar-refractivity contribution in [2.45, 2.75) is 70.9 Å². The number of carbonyl (C=O) groups is 1. The van der Waals surface area contributed by atoms with Crippen LogP contribution < -0.4 is 0 Å². The van der Waals surface area contributed by atoms with Crippen molar-refractivity contribution in [1.82, 2.24) is 30.0 Å². The number of aromatic nitrogens is 4. The Balaban J connectivity index is 1.27. The summed E-state index contributed by atoms with van der Waals surface area (Å²) >= 11 is 0. The summed E-state index contributed by atoms with van der Waals surface area (Å²) < 4.78 is 5.70. The van der Waals surface area contributed by atoms with E-state index in [1.165, 1.54) is 6.42 Å². The van der Waals surface area contributed by atoms with Crippen LogP contribution in [0.1, 0.15) is 58.2 Å². The van der Waals surface area contributed by atoms with E-state index < -0.39 is 0 Å². The Hall–Kier alpha value is -1.54. The number of amides is 1. The fourth-order valence-electron chi connectivity index (χ4n) is 7.11. The highest BCUT2D eigenvalue weighted by Gasteiger charge is 2.63. The maximum absolute atomic E-state index is 13.9. The fourth-order valence-corrected chi connectivity index (χ4v) is 7.11. The summed E-state index contributed by atoms with van der Waals surface area (Å²) in [7, 11) is 0. The number of piperazine rings is 1. The van der Waals surface area contributed by atoms with Crippen molar-refractivity contribution >= 4 is 5.91 Å². The predicted molar refractivity (Wildman–Crippen MR) is 112 cm³/mol. The molecular formula is C22H36N6O2. The molecule has 1 aromatic rings. The third-order valence-electron chi connectivity index (χ3n) is 7.94. The van der Waals surface area contributed by atoms with E-state index in [0.717, 1.165) is 77.3 Å². The van der Waals surface area contributed by atoms with Gasteiger partial charge in [-0.3, -0.25) is 9.69 Å². The van der Waals surface area contributed by atoms with Crippen molar-refractivity contribution in [2.24, 2.45) is 17.3 Å². The summed E-state index contributed by atoms with van der Waals surface area (Å²) in [5.41, 5.74) is -0.314. The molecule has 4 atom stereocenters. The van der Waals surface area contributed by atoms with Crippen LogP contribution in [0.4, 0.5) is 0 Å². The summed E-state index contributed by atoms with van der Waals surface area (Å²) in [5.74, 6) is 2.37. The van der Waals surface area contributed by atoms with Crippen LogP contribution in [0, 0.1) is 24.2 Å². The Morgan fingerprint density at radius 1 is 1.13 bits per heavy atom. The number of tetrazole rings is 1. The van der Waals surface area contributed by atoms with E-state index in [4.69, 9.17) is 4.74 Å². The van der Waals surface area contributed by atoms with Crippen LogP contribution in [0.2, 0.25) is 0 Å². The second-order valence-corrected chi connectivity index (χ2v) is 10.6. The van der Waals surface area contributed by atoms with Crippen molar-refractivity contribution in [3.8, 4) is 0 Å². The quantitative estimate of drug-likeness (QED) is 0.704. The number of hydrogen-bond acceptors (Lipinski definition) is 6. The van der Waals surface area contributed by atoms with Gasteiger partial charge in [0.15, 0.2) is 5.82 Å². The maximum atomic E-state index is 13.9. The minimum atomic E-state index is -0.214. The molecule has 30 heavy (non-hydrogen) atoms. The van der Waals surface area contributed by atoms with Gasteiger partial charge in [0.2, 0.25) is 5.91 Å². The van der Waals surface area contributed by atoms with Crippen LogP contribution in [0.5, 0.6) is 0 Å². The van der Waals surface area contributed by atoms with Gasteiger partial charge in [-0.1, -0.05) is 0 Å². The molecule has 8 heteroatoms. The van der Waals surface area contributed by atoms with Gasteiger partial charge in [0, 0.05) is 32.7 Å². The Bertz CT molecular complexity index is 770. The van der Waals surface area contributed by atoms with Crippen molar-refractivity contribution < 1.29 is 9.53 Å². The van der Waals surface area contributed by atoms with E-state index >= 15 is 0 Å². The smallest absolute Gasteiger partial charge is 0.228 e. The summed E-state index contributed by atoms with van der Waals surface area (Å²) in [6.07, 6.45) is 6.77. The number of rotatable bonds is 6. The van der Waals surface area contributed by atoms with E-state index in [0.29, 0.717) is 17.7 Å². The zero-order valence-corrected chi connectivity index (χ0v) is 18.7. The topological polar surface area (TPSA) is 76.4 Å². The summed E-state index contributed by atoms with van der Waals surface area (Å²) in [6, 6.07) is 0. The van der Waals surface area contributed by atoms with Gasteiger partial charge in [-0.2, -0.15) is 4.80 Å². The normalized spacial score (nSPS) is 36.1. The lowest BCUT2D eigenvalue weighted by Gasteiger charge is -2.61. The van der Waals surface area contributed by atoms with Crippen molar-refractivity contribution in [1.29, 1.82) is 0 Å². The van der Waals surface area contributed by atoms with Gasteiger partial charge in [0.25, 0.3) is 0 Å². The Kier molecular flexibility index (Phi) is 5.13. The second-order valence-electron chi connectivity index (χ2n) is 10.6. The first-order valence-corrected chi connectivity index (χ1v) is 11.8. The van der Waals surface area contributed by atoms with Gasteiger partial charge < -0.3 is 9.64 Å². The molecule has 8 nitrogen and oxygen atoms in total. The molecule has 166 valence electrons. The average Bonchev–Trinajstić information content (AvgIpc) is 3.14. The fraction of sp³-hybridized carbons (Fsp3) is 0.909. The molecule has 0 aromatic carbocycles. The minimum Gasteiger partial charge on any atom is -0.377 e. The number of ether oxygens (including phenoxy) is 1. The molecule has 0 spiro atoms. The van der Waals surface area contributed by atoms with Gasteiger partial charge in [-0.05, 0) is 76.3 Å². The molecule has 4 aliphatic carbocycles. The Morgan fingerprint density at radius 2 is 1.83 bits per heavy atom. The van der Waals surface area contributed by atoms with Crippen molar-refractivity contribution in [2.75, 3.05) is 39.3 Å². The maximum Gasteiger partial charge on any atom is 0.228 e. The van der Waals surface area contributed by atoms with Crippen LogP contribution in [0.3, 0.4) is 0 Å². The number of nitrogens with zero attached hydrogens (tertiary/aromatic N) is 6. The highest BCUT2D eigenvalue weighted by molar-refractivity contribution is 5.83. The van der Waals surface area contributed by atoms with Gasteiger partial charge in [0.05, 0.1) is 23.7 Å². The molecule has 5 aliphatic rings. The Labute approximate surface area is 179 Å². The van der Waals surface area contributed by atoms with Gasteiger partial charge in [0.1, 0.15) is 0 Å². The first-order valence-electron chi connectivity index (χ1n) is 11.8. The first-order chi connectivity index (χ1) is 14.4. The van der Waals surface area contributed by atoms with Gasteiger partial charge >= 0.3 is 0 Å². The Morgan fingerprint density at radius 3 is 2.43 bits per heavy atom. The molecule has 1 aliphatic heterocycles. The van der Waals surface area contributed by atoms with E-state index in [2.05, 4.69) is 39.1 Å². The molecule has 1 aromatic heterocycles. The van der Waals surface area contributed by atoms with E-state index in [-0.39, 0.29) is 17.1 Å². The third kappa shape index (κ3) is 3.55. The molecular weight excluding hydrogens is 380 g/mol. The summed E-state index contributed by atoms with van der Waals surface area (Å²) in [5, 5.41) is 13.1. The van der Waals surface area contributed by atoms with Gasteiger partial charge in [-0.15, -0.1) is 10.2 Å². The molecule has 6 rings (SSSR count). The van der Waals surface area contributed by atoms with Crippen molar-refractivity contribution in [3.05, 3.63) is 5.82 Å². The lowest BCUT2D eigenvalue weighted by Crippen LogP contribution is -2.63. The van der Waals surface area contributed by atoms with Crippen LogP contribution in [0.25, 0.3) is 0 Å². The summed E-state index contributed by atoms with van der Waals surface area (Å²) in [4.78, 5) is 20.3. The molecule has 1 saturated heterocycles. The first kappa shape index (κ1) is 20.4. The lowest BCUT2D eigenvalue weighted by molar-refractivity contribution is -0.169. The molecule has 2 unspecified atom stereocenters. The van der Waals surface area contributed by atoms with Crippen LogP contribution in [-0.4, -0.2) is 81.3 Å². The number of aryl methyl sites for hydroxylation is 1. The van der Waals surface area contributed by atoms with Crippen molar-refractivity contribution in [3.63, 3.8) is 0 Å². The van der Waals surface area contributed by atoms with Crippen LogP contribution >= 0.6 is 0 Å². The zero-order valence-electron chi connectivity index (χ0n) is 18.7. The van der Waals surface area contributed by atoms with E-state index in [1.807, 2.05) is 11.7 Å². The third-order valence-corrected chi connectivity index (χ3v) is 7.94. The highest BCUT2D eigenvalue weighted by atomic mass is 16.5. The molecule has 1 amide bonds. The lowest BCUT2D eigenvalue weighted by atomic mass is 9.46. The van der Waals surface area contributed by atoms with E-state index in [1.54, 1.807) is 0 Å². The summed E-state index contributed by atoms with van der Waals surface area (Å²) in [6.45, 7) is 11.3. The highest BCUT2D eigenvalue weighted by Crippen LogP contribution is 2.64. The zero-order chi connectivity index (χ0) is 20.9. The predicted octanol–water partition coefficient (Wildman–Crippen LogP) is 1.85.